The Balaban J connectivity index is 2.15. The summed E-state index contributed by atoms with van der Waals surface area (Å²) in [4.78, 5) is 24.9. The zero-order valence-electron chi connectivity index (χ0n) is 10.2. The summed E-state index contributed by atoms with van der Waals surface area (Å²) in [6.07, 6.45) is 1.65. The van der Waals surface area contributed by atoms with E-state index in [-0.39, 0.29) is 24.4 Å². The van der Waals surface area contributed by atoms with Gasteiger partial charge in [0.1, 0.15) is 6.04 Å². The first-order valence-electron chi connectivity index (χ1n) is 5.59. The van der Waals surface area contributed by atoms with Crippen LogP contribution in [0.3, 0.4) is 0 Å². The fourth-order valence-corrected chi connectivity index (χ4v) is 1.86. The highest BCUT2D eigenvalue weighted by atomic mass is 16.2. The predicted molar refractivity (Wildman–Crippen MR) is 60.9 cm³/mol. The van der Waals surface area contributed by atoms with Crippen molar-refractivity contribution in [1.29, 1.82) is 0 Å². The van der Waals surface area contributed by atoms with Gasteiger partial charge in [-0.25, -0.2) is 4.79 Å². The van der Waals surface area contributed by atoms with E-state index in [0.29, 0.717) is 0 Å². The smallest absolute Gasteiger partial charge is 0.325 e. The SMILES string of the molecule is CC(C)C1NC(=O)N(Cc2ccnn2C)C1=O. The molecule has 3 amide bonds. The van der Waals surface area contributed by atoms with Gasteiger partial charge in [-0.3, -0.25) is 14.4 Å². The monoisotopic (exact) mass is 236 g/mol. The molecule has 6 heteroatoms. The molecule has 1 aromatic rings. The average Bonchev–Trinajstić information content (AvgIpc) is 2.77. The Morgan fingerprint density at radius 1 is 1.47 bits per heavy atom. The summed E-state index contributed by atoms with van der Waals surface area (Å²) in [6.45, 7) is 4.09. The second-order valence-electron chi connectivity index (χ2n) is 4.54. The molecule has 0 aromatic carbocycles. The van der Waals surface area contributed by atoms with Crippen LogP contribution in [-0.2, 0) is 18.4 Å². The highest BCUT2D eigenvalue weighted by Crippen LogP contribution is 2.16. The summed E-state index contributed by atoms with van der Waals surface area (Å²) in [7, 11) is 1.79. The number of nitrogens with zero attached hydrogens (tertiary/aromatic N) is 3. The molecule has 1 aliphatic rings. The molecule has 0 spiro atoms. The minimum atomic E-state index is -0.407. The molecule has 17 heavy (non-hydrogen) atoms. The molecule has 1 atom stereocenters. The maximum Gasteiger partial charge on any atom is 0.325 e. The van der Waals surface area contributed by atoms with E-state index in [1.807, 2.05) is 13.8 Å². The third kappa shape index (κ3) is 2.02. The number of nitrogens with one attached hydrogen (secondary N) is 1. The van der Waals surface area contributed by atoms with Gasteiger partial charge in [0, 0.05) is 13.2 Å². The van der Waals surface area contributed by atoms with Gasteiger partial charge in [-0.2, -0.15) is 5.10 Å². The third-order valence-electron chi connectivity index (χ3n) is 2.97. The van der Waals surface area contributed by atoms with Crippen LogP contribution in [-0.4, -0.2) is 32.7 Å². The van der Waals surface area contributed by atoms with E-state index in [2.05, 4.69) is 10.4 Å². The van der Waals surface area contributed by atoms with Gasteiger partial charge in [-0.05, 0) is 12.0 Å². The van der Waals surface area contributed by atoms with Crippen LogP contribution < -0.4 is 5.32 Å². The lowest BCUT2D eigenvalue weighted by Gasteiger charge is -2.14. The van der Waals surface area contributed by atoms with Crippen LogP contribution in [0.2, 0.25) is 0 Å². The first kappa shape index (κ1) is 11.6. The Bertz CT molecular complexity index is 452. The number of carbonyl (C=O) groups excluding carboxylic acids is 2. The number of aryl methyl sites for hydroxylation is 1. The van der Waals surface area contributed by atoms with Crippen molar-refractivity contribution in [3.63, 3.8) is 0 Å². The van der Waals surface area contributed by atoms with Gasteiger partial charge in [0.2, 0.25) is 0 Å². The van der Waals surface area contributed by atoms with Crippen molar-refractivity contribution in [1.82, 2.24) is 20.0 Å². The Morgan fingerprint density at radius 3 is 2.65 bits per heavy atom. The normalized spacial score (nSPS) is 20.2. The molecule has 2 heterocycles. The van der Waals surface area contributed by atoms with Crippen LogP contribution in [0.4, 0.5) is 4.79 Å². The second kappa shape index (κ2) is 4.20. The zero-order valence-corrected chi connectivity index (χ0v) is 10.2. The van der Waals surface area contributed by atoms with E-state index in [4.69, 9.17) is 0 Å². The first-order chi connectivity index (χ1) is 8.00. The van der Waals surface area contributed by atoms with E-state index in [0.717, 1.165) is 5.69 Å². The maximum absolute atomic E-state index is 12.0. The fraction of sp³-hybridized carbons (Fsp3) is 0.545. The Morgan fingerprint density at radius 2 is 2.18 bits per heavy atom. The van der Waals surface area contributed by atoms with E-state index >= 15 is 0 Å². The lowest BCUT2D eigenvalue weighted by Crippen LogP contribution is -2.34. The second-order valence-corrected chi connectivity index (χ2v) is 4.54. The van der Waals surface area contributed by atoms with Crippen molar-refractivity contribution in [3.05, 3.63) is 18.0 Å². The Labute approximate surface area is 99.6 Å². The number of hydrogen-bond acceptors (Lipinski definition) is 3. The highest BCUT2D eigenvalue weighted by Gasteiger charge is 2.39. The Hall–Kier alpha value is -1.85. The van der Waals surface area contributed by atoms with Gasteiger partial charge < -0.3 is 5.32 Å². The minimum Gasteiger partial charge on any atom is -0.326 e. The number of aromatic nitrogens is 2. The average molecular weight is 236 g/mol. The van der Waals surface area contributed by atoms with Crippen molar-refractivity contribution in [2.45, 2.75) is 26.4 Å². The zero-order chi connectivity index (χ0) is 12.6. The first-order valence-corrected chi connectivity index (χ1v) is 5.59. The minimum absolute atomic E-state index is 0.1000. The summed E-state index contributed by atoms with van der Waals surface area (Å²) in [5.74, 6) is -0.0609. The van der Waals surface area contributed by atoms with Gasteiger partial charge in [-0.1, -0.05) is 13.8 Å². The molecule has 0 radical (unpaired) electrons. The van der Waals surface area contributed by atoms with Crippen LogP contribution in [0.25, 0.3) is 0 Å². The highest BCUT2D eigenvalue weighted by molar-refractivity contribution is 6.04. The summed E-state index contributed by atoms with van der Waals surface area (Å²) in [5.41, 5.74) is 0.831. The molecule has 0 saturated carbocycles. The van der Waals surface area contributed by atoms with Crippen LogP contribution >= 0.6 is 0 Å². The molecule has 0 bridgehead atoms. The fourth-order valence-electron chi connectivity index (χ4n) is 1.86. The summed E-state index contributed by atoms with van der Waals surface area (Å²) in [6, 6.07) is 1.06. The molecular weight excluding hydrogens is 220 g/mol. The molecule has 1 N–H and O–H groups in total. The van der Waals surface area contributed by atoms with Crippen LogP contribution in [0.15, 0.2) is 12.3 Å². The number of urea groups is 1. The molecule has 2 rings (SSSR count). The van der Waals surface area contributed by atoms with Crippen molar-refractivity contribution in [2.24, 2.45) is 13.0 Å². The van der Waals surface area contributed by atoms with Gasteiger partial charge in [0.05, 0.1) is 12.2 Å². The molecule has 1 unspecified atom stereocenters. The van der Waals surface area contributed by atoms with Crippen LogP contribution in [0.1, 0.15) is 19.5 Å². The number of carbonyl (C=O) groups is 2. The molecule has 1 aromatic heterocycles. The number of amides is 3. The van der Waals surface area contributed by atoms with Gasteiger partial charge in [0.15, 0.2) is 0 Å². The molecule has 1 aliphatic heterocycles. The summed E-state index contributed by atoms with van der Waals surface area (Å²) < 4.78 is 1.66. The van der Waals surface area contributed by atoms with Gasteiger partial charge in [-0.15, -0.1) is 0 Å². The molecule has 1 saturated heterocycles. The molecule has 6 nitrogen and oxygen atoms in total. The van der Waals surface area contributed by atoms with Crippen LogP contribution in [0, 0.1) is 5.92 Å². The summed E-state index contributed by atoms with van der Waals surface area (Å²) in [5, 5.41) is 6.70. The topological polar surface area (TPSA) is 67.2 Å². The molecule has 1 fully saturated rings. The van der Waals surface area contributed by atoms with Crippen molar-refractivity contribution in [3.8, 4) is 0 Å². The van der Waals surface area contributed by atoms with Crippen LogP contribution in [0.5, 0.6) is 0 Å². The Kier molecular flexibility index (Phi) is 2.87. The van der Waals surface area contributed by atoms with Crippen molar-refractivity contribution < 1.29 is 9.59 Å². The van der Waals surface area contributed by atoms with Gasteiger partial charge >= 0.3 is 6.03 Å². The predicted octanol–water partition coefficient (Wildman–Crippen LogP) is 0.496. The van der Waals surface area contributed by atoms with E-state index < -0.39 is 6.04 Å². The number of hydrogen-bond donors (Lipinski definition) is 1. The quantitative estimate of drug-likeness (QED) is 0.777. The molecule has 92 valence electrons. The standard InChI is InChI=1S/C11H16N4O2/c1-7(2)9-10(16)15(11(17)13-9)6-8-4-5-12-14(8)3/h4-5,7,9H,6H2,1-3H3,(H,13,17). The molecule has 0 aliphatic carbocycles. The summed E-state index contributed by atoms with van der Waals surface area (Å²) >= 11 is 0. The van der Waals surface area contributed by atoms with E-state index in [9.17, 15) is 9.59 Å². The maximum atomic E-state index is 12.0. The van der Waals surface area contributed by atoms with E-state index in [1.54, 1.807) is 24.0 Å². The van der Waals surface area contributed by atoms with Crippen molar-refractivity contribution in [2.75, 3.05) is 0 Å². The third-order valence-corrected chi connectivity index (χ3v) is 2.97. The van der Waals surface area contributed by atoms with Gasteiger partial charge in [0.25, 0.3) is 5.91 Å². The molecular formula is C11H16N4O2. The van der Waals surface area contributed by atoms with E-state index in [1.165, 1.54) is 4.90 Å². The number of rotatable bonds is 3. The lowest BCUT2D eigenvalue weighted by molar-refractivity contribution is -0.128. The number of imide groups is 1. The largest absolute Gasteiger partial charge is 0.326 e. The lowest BCUT2D eigenvalue weighted by atomic mass is 10.1. The van der Waals surface area contributed by atoms with Crippen molar-refractivity contribution >= 4 is 11.9 Å².